The number of hydrogen-bond acceptors (Lipinski definition) is 3. The number of hydrogen-bond donors (Lipinski definition) is 3. The van der Waals surface area contributed by atoms with Gasteiger partial charge < -0.3 is 15.3 Å². The van der Waals surface area contributed by atoms with Crippen LogP contribution in [0, 0.1) is 0 Å². The molecule has 0 amide bonds. The maximum absolute atomic E-state index is 10.4. The number of phenols is 1. The van der Waals surface area contributed by atoms with Crippen molar-refractivity contribution in [2.24, 2.45) is 0 Å². The van der Waals surface area contributed by atoms with E-state index in [0.29, 0.717) is 18.4 Å². The fourth-order valence-corrected chi connectivity index (χ4v) is 3.17. The highest BCUT2D eigenvalue weighted by atomic mass is 79.9. The molecule has 0 saturated carbocycles. The Morgan fingerprint density at radius 1 is 1.12 bits per heavy atom. The number of rotatable bonds is 8. The number of aliphatic hydroxyl groups is 2. The fraction of sp³-hybridized carbons (Fsp3) is 0.318. The van der Waals surface area contributed by atoms with Crippen LogP contribution in [0.2, 0.25) is 0 Å². The van der Waals surface area contributed by atoms with Crippen LogP contribution in [-0.2, 0) is 0 Å². The van der Waals surface area contributed by atoms with Gasteiger partial charge in [-0.2, -0.15) is 0 Å². The summed E-state index contributed by atoms with van der Waals surface area (Å²) in [7, 11) is 0. The van der Waals surface area contributed by atoms with Gasteiger partial charge in [-0.3, -0.25) is 0 Å². The number of benzene rings is 2. The molecular weight excluding hydrogens is 392 g/mol. The summed E-state index contributed by atoms with van der Waals surface area (Å²) >= 11 is 3.35. The van der Waals surface area contributed by atoms with Crippen molar-refractivity contribution in [3.8, 4) is 5.75 Å². The van der Waals surface area contributed by atoms with Crippen molar-refractivity contribution >= 4 is 15.9 Å². The zero-order valence-corrected chi connectivity index (χ0v) is 16.5. The van der Waals surface area contributed by atoms with E-state index in [-0.39, 0.29) is 5.75 Å². The molecule has 2 rings (SSSR count). The standard InChI is InChI=1S/C22H25BrO3/c1-2-7-16(14-22(26)17-9-4-3-5-10-17)8-6-11-20(24)19-15-18(23)12-13-21(19)25/h3-6,9-10,12-13,15,20,22,24-26H,2,7,11,14H2,1H3/t8?,20-,22-/m1/s1. The Hall–Kier alpha value is -1.84. The smallest absolute Gasteiger partial charge is 0.121 e. The molecule has 0 radical (unpaired) electrons. The second kappa shape index (κ2) is 10.3. The summed E-state index contributed by atoms with van der Waals surface area (Å²) in [5.74, 6) is 0.0753. The van der Waals surface area contributed by atoms with Gasteiger partial charge in [-0.1, -0.05) is 59.6 Å². The summed E-state index contributed by atoms with van der Waals surface area (Å²) in [5, 5.41) is 30.6. The predicted octanol–water partition coefficient (Wildman–Crippen LogP) is 5.58. The first-order valence-electron chi connectivity index (χ1n) is 8.83. The van der Waals surface area contributed by atoms with Gasteiger partial charge in [0.2, 0.25) is 0 Å². The Balaban J connectivity index is 2.08. The van der Waals surface area contributed by atoms with Crippen LogP contribution >= 0.6 is 15.9 Å². The summed E-state index contributed by atoms with van der Waals surface area (Å²) in [4.78, 5) is 0. The van der Waals surface area contributed by atoms with Crippen LogP contribution in [0.1, 0.15) is 55.9 Å². The normalized spacial score (nSPS) is 12.9. The molecule has 2 aromatic carbocycles. The Kier molecular flexibility index (Phi) is 8.14. The Morgan fingerprint density at radius 3 is 2.54 bits per heavy atom. The quantitative estimate of drug-likeness (QED) is 0.491. The molecule has 0 fully saturated rings. The van der Waals surface area contributed by atoms with Crippen LogP contribution in [0.15, 0.2) is 70.4 Å². The summed E-state index contributed by atoms with van der Waals surface area (Å²) in [6.07, 6.45) is 3.10. The molecule has 2 atom stereocenters. The van der Waals surface area contributed by atoms with Gasteiger partial charge >= 0.3 is 0 Å². The van der Waals surface area contributed by atoms with E-state index in [1.165, 1.54) is 0 Å². The molecule has 3 nitrogen and oxygen atoms in total. The number of aliphatic hydroxyl groups excluding tert-OH is 2. The summed E-state index contributed by atoms with van der Waals surface area (Å²) < 4.78 is 0.807. The van der Waals surface area contributed by atoms with E-state index >= 15 is 0 Å². The summed E-state index contributed by atoms with van der Waals surface area (Å²) in [6.45, 7) is 2.09. The Morgan fingerprint density at radius 2 is 1.85 bits per heavy atom. The molecule has 0 aliphatic carbocycles. The highest BCUT2D eigenvalue weighted by Gasteiger charge is 2.12. The van der Waals surface area contributed by atoms with Crippen LogP contribution in [0.4, 0.5) is 0 Å². The van der Waals surface area contributed by atoms with Gasteiger partial charge in [0.1, 0.15) is 5.75 Å². The Labute approximate surface area is 163 Å². The summed E-state index contributed by atoms with van der Waals surface area (Å²) in [6, 6.07) is 14.6. The molecule has 0 spiro atoms. The van der Waals surface area contributed by atoms with E-state index in [0.717, 1.165) is 28.5 Å². The molecule has 2 aromatic rings. The van der Waals surface area contributed by atoms with E-state index in [2.05, 4.69) is 28.6 Å². The van der Waals surface area contributed by atoms with E-state index in [1.807, 2.05) is 30.3 Å². The minimum absolute atomic E-state index is 0.0753. The monoisotopic (exact) mass is 416 g/mol. The van der Waals surface area contributed by atoms with Gasteiger partial charge in [0.05, 0.1) is 12.2 Å². The second-order valence-corrected chi connectivity index (χ2v) is 7.20. The van der Waals surface area contributed by atoms with E-state index < -0.39 is 12.2 Å². The lowest BCUT2D eigenvalue weighted by atomic mass is 9.99. The number of aromatic hydroxyl groups is 1. The van der Waals surface area contributed by atoms with Crippen LogP contribution < -0.4 is 0 Å². The second-order valence-electron chi connectivity index (χ2n) is 6.29. The van der Waals surface area contributed by atoms with Crippen LogP contribution in [-0.4, -0.2) is 15.3 Å². The van der Waals surface area contributed by atoms with Crippen LogP contribution in [0.25, 0.3) is 0 Å². The lowest BCUT2D eigenvalue weighted by Crippen LogP contribution is -1.99. The van der Waals surface area contributed by atoms with E-state index in [9.17, 15) is 15.3 Å². The predicted molar refractivity (Wildman–Crippen MR) is 108 cm³/mol. The first-order chi connectivity index (χ1) is 12.5. The van der Waals surface area contributed by atoms with Gasteiger partial charge in [0, 0.05) is 22.9 Å². The largest absolute Gasteiger partial charge is 0.508 e. The number of phenolic OH excluding ortho intramolecular Hbond substituents is 1. The molecule has 4 heteroatoms. The molecule has 0 heterocycles. The molecule has 0 bridgehead atoms. The first-order valence-corrected chi connectivity index (χ1v) is 9.63. The first kappa shape index (κ1) is 20.5. The zero-order chi connectivity index (χ0) is 18.9. The van der Waals surface area contributed by atoms with Gasteiger partial charge in [0.15, 0.2) is 0 Å². The van der Waals surface area contributed by atoms with Crippen molar-refractivity contribution in [3.05, 3.63) is 81.5 Å². The molecule has 0 aromatic heterocycles. The van der Waals surface area contributed by atoms with Crippen molar-refractivity contribution in [1.82, 2.24) is 0 Å². The average Bonchev–Trinajstić information content (AvgIpc) is 2.64. The maximum atomic E-state index is 10.4. The topological polar surface area (TPSA) is 60.7 Å². The Bertz CT molecular complexity index is 764. The van der Waals surface area contributed by atoms with Gasteiger partial charge in [-0.25, -0.2) is 0 Å². The van der Waals surface area contributed by atoms with Crippen LogP contribution in [0.5, 0.6) is 5.75 Å². The third-order valence-corrected chi connectivity index (χ3v) is 4.66. The summed E-state index contributed by atoms with van der Waals surface area (Å²) in [5.41, 5.74) is 5.63. The van der Waals surface area contributed by atoms with Gasteiger partial charge in [0.25, 0.3) is 0 Å². The van der Waals surface area contributed by atoms with Crippen molar-refractivity contribution in [2.45, 2.75) is 44.8 Å². The molecule has 0 aliphatic rings. The van der Waals surface area contributed by atoms with Gasteiger partial charge in [-0.15, -0.1) is 5.73 Å². The van der Waals surface area contributed by atoms with Crippen molar-refractivity contribution in [2.75, 3.05) is 0 Å². The van der Waals surface area contributed by atoms with Crippen molar-refractivity contribution in [3.63, 3.8) is 0 Å². The molecular formula is C22H25BrO3. The highest BCUT2D eigenvalue weighted by molar-refractivity contribution is 9.10. The average molecular weight is 417 g/mol. The minimum atomic E-state index is -0.804. The fourth-order valence-electron chi connectivity index (χ4n) is 2.80. The van der Waals surface area contributed by atoms with E-state index in [1.54, 1.807) is 24.3 Å². The van der Waals surface area contributed by atoms with Crippen molar-refractivity contribution < 1.29 is 15.3 Å². The molecule has 0 unspecified atom stereocenters. The van der Waals surface area contributed by atoms with E-state index in [4.69, 9.17) is 0 Å². The van der Waals surface area contributed by atoms with Crippen molar-refractivity contribution in [1.29, 1.82) is 0 Å². The maximum Gasteiger partial charge on any atom is 0.121 e. The third-order valence-electron chi connectivity index (χ3n) is 4.17. The zero-order valence-electron chi connectivity index (χ0n) is 14.9. The minimum Gasteiger partial charge on any atom is -0.508 e. The lowest BCUT2D eigenvalue weighted by Gasteiger charge is -2.12. The molecule has 0 aliphatic heterocycles. The highest BCUT2D eigenvalue weighted by Crippen LogP contribution is 2.29. The third kappa shape index (κ3) is 6.15. The van der Waals surface area contributed by atoms with Gasteiger partial charge in [-0.05, 0) is 41.8 Å². The SMILES string of the molecule is CCCC(=C=CC[C@@H](O)c1cc(Br)ccc1O)C[C@@H](O)c1ccccc1. The molecule has 138 valence electrons. The van der Waals surface area contributed by atoms with Crippen LogP contribution in [0.3, 0.4) is 0 Å². The molecule has 3 N–H and O–H groups in total. The number of halogens is 1. The molecule has 26 heavy (non-hydrogen) atoms. The molecule has 0 saturated heterocycles. The lowest BCUT2D eigenvalue weighted by molar-refractivity contribution is 0.176.